The number of nitrogens with one attached hydrogen (secondary N) is 1. The molecule has 1 fully saturated rings. The fraction of sp³-hybridized carbons (Fsp3) is 0.231. The molecule has 0 aliphatic heterocycles. The van der Waals surface area contributed by atoms with Crippen LogP contribution in [0, 0.1) is 0 Å². The Morgan fingerprint density at radius 3 is 2.03 bits per heavy atom. The molecule has 3 aromatic rings. The molecule has 156 valence electrons. The first-order valence-electron chi connectivity index (χ1n) is 10.5. The van der Waals surface area contributed by atoms with Crippen LogP contribution < -0.4 is 5.32 Å². The lowest BCUT2D eigenvalue weighted by atomic mass is 9.95. The highest BCUT2D eigenvalue weighted by atomic mass is 16.5. The Bertz CT molecular complexity index is 1100. The van der Waals surface area contributed by atoms with Crippen molar-refractivity contribution in [3.05, 3.63) is 95.1 Å². The molecule has 5 rings (SSSR count). The van der Waals surface area contributed by atoms with Crippen molar-refractivity contribution in [3.63, 3.8) is 0 Å². The van der Waals surface area contributed by atoms with E-state index in [4.69, 9.17) is 9.84 Å². The van der Waals surface area contributed by atoms with Gasteiger partial charge in [-0.1, -0.05) is 60.7 Å². The molecule has 5 heteroatoms. The van der Waals surface area contributed by atoms with Gasteiger partial charge in [0.15, 0.2) is 0 Å². The number of carboxylic acid groups (broad SMARTS) is 1. The molecule has 3 aromatic carbocycles. The van der Waals surface area contributed by atoms with Crippen LogP contribution in [-0.4, -0.2) is 30.3 Å². The van der Waals surface area contributed by atoms with Crippen LogP contribution in [-0.2, 0) is 10.2 Å². The molecule has 0 spiro atoms. The topological polar surface area (TPSA) is 75.6 Å². The number of rotatable bonds is 6. The Balaban J connectivity index is 1.22. The maximum absolute atomic E-state index is 12.5. The van der Waals surface area contributed by atoms with Gasteiger partial charge in [0.1, 0.15) is 6.61 Å². The van der Waals surface area contributed by atoms with Crippen molar-refractivity contribution < 1.29 is 19.4 Å². The summed E-state index contributed by atoms with van der Waals surface area (Å²) in [6.45, 7) is 0.774. The molecule has 2 N–H and O–H groups in total. The number of hydrogen-bond donors (Lipinski definition) is 2. The highest BCUT2D eigenvalue weighted by molar-refractivity contribution is 5.87. The number of carbonyl (C=O) groups excluding carboxylic acids is 1. The van der Waals surface area contributed by atoms with Crippen LogP contribution in [0.5, 0.6) is 0 Å². The molecule has 0 atom stereocenters. The Labute approximate surface area is 180 Å². The van der Waals surface area contributed by atoms with E-state index in [1.54, 1.807) is 12.1 Å². The third-order valence-electron chi connectivity index (χ3n) is 6.51. The molecule has 0 radical (unpaired) electrons. The molecule has 0 saturated heterocycles. The van der Waals surface area contributed by atoms with Crippen molar-refractivity contribution in [1.29, 1.82) is 0 Å². The number of carbonyl (C=O) groups is 2. The molecule has 0 heterocycles. The van der Waals surface area contributed by atoms with Gasteiger partial charge in [-0.2, -0.15) is 0 Å². The summed E-state index contributed by atoms with van der Waals surface area (Å²) in [6.07, 6.45) is 1.50. The van der Waals surface area contributed by atoms with Gasteiger partial charge in [-0.3, -0.25) is 0 Å². The lowest BCUT2D eigenvalue weighted by molar-refractivity contribution is 0.0696. The number of amides is 1. The third-order valence-corrected chi connectivity index (χ3v) is 6.51. The van der Waals surface area contributed by atoms with Crippen molar-refractivity contribution in [2.45, 2.75) is 24.2 Å². The number of fused-ring (bicyclic) bond motifs is 3. The predicted molar refractivity (Wildman–Crippen MR) is 117 cm³/mol. The van der Waals surface area contributed by atoms with E-state index in [0.717, 1.165) is 18.4 Å². The van der Waals surface area contributed by atoms with Crippen molar-refractivity contribution in [1.82, 2.24) is 5.32 Å². The van der Waals surface area contributed by atoms with Gasteiger partial charge in [0.25, 0.3) is 0 Å². The zero-order valence-corrected chi connectivity index (χ0v) is 17.0. The average molecular weight is 413 g/mol. The van der Waals surface area contributed by atoms with E-state index in [-0.39, 0.29) is 16.9 Å². The first-order chi connectivity index (χ1) is 15.1. The van der Waals surface area contributed by atoms with Gasteiger partial charge in [-0.05, 0) is 52.8 Å². The van der Waals surface area contributed by atoms with E-state index >= 15 is 0 Å². The van der Waals surface area contributed by atoms with E-state index in [0.29, 0.717) is 13.2 Å². The Morgan fingerprint density at radius 1 is 0.903 bits per heavy atom. The minimum absolute atomic E-state index is 0.0385. The summed E-state index contributed by atoms with van der Waals surface area (Å²) in [4.78, 5) is 23.5. The second kappa shape index (κ2) is 7.58. The highest BCUT2D eigenvalue weighted by Gasteiger charge is 2.44. The van der Waals surface area contributed by atoms with Crippen LogP contribution in [0.2, 0.25) is 0 Å². The highest BCUT2D eigenvalue weighted by Crippen LogP contribution is 2.48. The zero-order chi connectivity index (χ0) is 21.4. The van der Waals surface area contributed by atoms with Crippen LogP contribution >= 0.6 is 0 Å². The maximum atomic E-state index is 12.5. The van der Waals surface area contributed by atoms with Crippen molar-refractivity contribution in [2.24, 2.45) is 0 Å². The van der Waals surface area contributed by atoms with E-state index < -0.39 is 12.1 Å². The van der Waals surface area contributed by atoms with Gasteiger partial charge in [-0.25, -0.2) is 9.59 Å². The summed E-state index contributed by atoms with van der Waals surface area (Å²) in [7, 11) is 0. The van der Waals surface area contributed by atoms with Crippen LogP contribution in [0.15, 0.2) is 72.8 Å². The lowest BCUT2D eigenvalue weighted by Crippen LogP contribution is -2.33. The number of ether oxygens (including phenoxy) is 1. The van der Waals surface area contributed by atoms with Gasteiger partial charge in [0.2, 0.25) is 0 Å². The minimum Gasteiger partial charge on any atom is -0.478 e. The van der Waals surface area contributed by atoms with Crippen LogP contribution in [0.25, 0.3) is 11.1 Å². The molecule has 5 nitrogen and oxygen atoms in total. The predicted octanol–water partition coefficient (Wildman–Crippen LogP) is 4.96. The lowest BCUT2D eigenvalue weighted by Gasteiger charge is -2.18. The molecule has 0 aromatic heterocycles. The fourth-order valence-corrected chi connectivity index (χ4v) is 4.58. The van der Waals surface area contributed by atoms with Gasteiger partial charge in [0, 0.05) is 17.9 Å². The van der Waals surface area contributed by atoms with E-state index in [2.05, 4.69) is 29.6 Å². The van der Waals surface area contributed by atoms with E-state index in [9.17, 15) is 9.59 Å². The SMILES string of the molecule is O=C(NCC1(c2ccc(C(=O)O)cc2)CC1)OCC1c2ccccc2-c2ccccc21. The summed E-state index contributed by atoms with van der Waals surface area (Å²) < 4.78 is 5.62. The van der Waals surface area contributed by atoms with Crippen LogP contribution in [0.3, 0.4) is 0 Å². The van der Waals surface area contributed by atoms with Crippen molar-refractivity contribution in [2.75, 3.05) is 13.2 Å². The molecule has 31 heavy (non-hydrogen) atoms. The second-order valence-electron chi connectivity index (χ2n) is 8.34. The Morgan fingerprint density at radius 2 is 1.48 bits per heavy atom. The number of alkyl carbamates (subject to hydrolysis) is 1. The number of carboxylic acids is 1. The number of benzene rings is 3. The summed E-state index contributed by atoms with van der Waals surface area (Å²) in [5.74, 6) is -0.898. The minimum atomic E-state index is -0.937. The van der Waals surface area contributed by atoms with Crippen molar-refractivity contribution >= 4 is 12.1 Å². The van der Waals surface area contributed by atoms with E-state index in [1.165, 1.54) is 22.3 Å². The molecular formula is C26H23NO4. The molecule has 2 aliphatic rings. The normalized spacial score (nSPS) is 15.6. The monoisotopic (exact) mass is 413 g/mol. The summed E-state index contributed by atoms with van der Waals surface area (Å²) >= 11 is 0. The van der Waals surface area contributed by atoms with Crippen molar-refractivity contribution in [3.8, 4) is 11.1 Å². The van der Waals surface area contributed by atoms with Gasteiger partial charge < -0.3 is 15.2 Å². The average Bonchev–Trinajstić information content (AvgIpc) is 3.53. The standard InChI is InChI=1S/C26H23NO4/c28-24(29)17-9-11-18(12-10-17)26(13-14-26)16-27-25(30)31-15-23-21-7-3-1-5-19(21)20-6-2-4-8-22(20)23/h1-12,23H,13-16H2,(H,27,30)(H,28,29). The molecule has 1 saturated carbocycles. The quantitative estimate of drug-likeness (QED) is 0.599. The Kier molecular flexibility index (Phi) is 4.74. The zero-order valence-electron chi connectivity index (χ0n) is 17.0. The fourth-order valence-electron chi connectivity index (χ4n) is 4.58. The number of hydrogen-bond acceptors (Lipinski definition) is 3. The first kappa shape index (κ1) is 19.4. The van der Waals surface area contributed by atoms with Crippen LogP contribution in [0.1, 0.15) is 45.8 Å². The molecule has 1 amide bonds. The molecule has 0 bridgehead atoms. The van der Waals surface area contributed by atoms with Gasteiger partial charge in [0.05, 0.1) is 5.56 Å². The molecule has 2 aliphatic carbocycles. The van der Waals surface area contributed by atoms with Crippen LogP contribution in [0.4, 0.5) is 4.79 Å². The molecule has 0 unspecified atom stereocenters. The van der Waals surface area contributed by atoms with E-state index in [1.807, 2.05) is 36.4 Å². The number of aromatic carboxylic acids is 1. The summed E-state index contributed by atoms with van der Waals surface area (Å²) in [6, 6.07) is 23.4. The molecular weight excluding hydrogens is 390 g/mol. The smallest absolute Gasteiger partial charge is 0.407 e. The summed E-state index contributed by atoms with van der Waals surface area (Å²) in [5.41, 5.74) is 5.98. The maximum Gasteiger partial charge on any atom is 0.407 e. The third kappa shape index (κ3) is 3.56. The Hall–Kier alpha value is -3.60. The largest absolute Gasteiger partial charge is 0.478 e. The summed E-state index contributed by atoms with van der Waals surface area (Å²) in [5, 5.41) is 12.0. The van der Waals surface area contributed by atoms with Gasteiger partial charge in [-0.15, -0.1) is 0 Å². The van der Waals surface area contributed by atoms with Gasteiger partial charge >= 0.3 is 12.1 Å². The second-order valence-corrected chi connectivity index (χ2v) is 8.34. The first-order valence-corrected chi connectivity index (χ1v) is 10.5.